The highest BCUT2D eigenvalue weighted by molar-refractivity contribution is 7.91. The molecule has 2 N–H and O–H groups in total. The SMILES string of the molecule is CCS(=O)(=O)c1ccc(NC(=O)C(C)C2CNC2)cc1. The van der Waals surface area contributed by atoms with Crippen molar-refractivity contribution >= 4 is 21.4 Å². The van der Waals surface area contributed by atoms with E-state index in [1.807, 2.05) is 6.92 Å². The number of sulfone groups is 1. The Morgan fingerprint density at radius 3 is 2.40 bits per heavy atom. The Balaban J connectivity index is 2.02. The number of hydrogen-bond donors (Lipinski definition) is 2. The number of benzene rings is 1. The second-order valence-electron chi connectivity index (χ2n) is 5.12. The fourth-order valence-corrected chi connectivity index (χ4v) is 2.93. The van der Waals surface area contributed by atoms with E-state index in [1.165, 1.54) is 12.1 Å². The Bertz CT molecular complexity index is 577. The molecule has 5 nitrogen and oxygen atoms in total. The predicted octanol–water partition coefficient (Wildman–Crippen LogP) is 1.27. The molecule has 2 rings (SSSR count). The molecule has 6 heteroatoms. The molecule has 1 atom stereocenters. The molecule has 1 unspecified atom stereocenters. The lowest BCUT2D eigenvalue weighted by Gasteiger charge is -2.31. The van der Waals surface area contributed by atoms with Crippen LogP contribution in [0.5, 0.6) is 0 Å². The van der Waals surface area contributed by atoms with Crippen LogP contribution in [0.1, 0.15) is 13.8 Å². The lowest BCUT2D eigenvalue weighted by Crippen LogP contribution is -2.48. The van der Waals surface area contributed by atoms with Crippen LogP contribution in [0.3, 0.4) is 0 Å². The summed E-state index contributed by atoms with van der Waals surface area (Å²) in [6, 6.07) is 6.33. The summed E-state index contributed by atoms with van der Waals surface area (Å²) in [5.41, 5.74) is 0.629. The number of anilines is 1. The summed E-state index contributed by atoms with van der Waals surface area (Å²) < 4.78 is 23.4. The van der Waals surface area contributed by atoms with Crippen molar-refractivity contribution in [1.82, 2.24) is 5.32 Å². The first kappa shape index (κ1) is 15.0. The highest BCUT2D eigenvalue weighted by Crippen LogP contribution is 2.19. The van der Waals surface area contributed by atoms with Crippen LogP contribution in [0.2, 0.25) is 0 Å². The number of carbonyl (C=O) groups is 1. The van der Waals surface area contributed by atoms with Gasteiger partial charge in [-0.05, 0) is 43.3 Å². The Labute approximate surface area is 119 Å². The Morgan fingerprint density at radius 1 is 1.35 bits per heavy atom. The fraction of sp³-hybridized carbons (Fsp3) is 0.500. The maximum Gasteiger partial charge on any atom is 0.227 e. The maximum atomic E-state index is 12.0. The van der Waals surface area contributed by atoms with Gasteiger partial charge < -0.3 is 10.6 Å². The molecule has 1 heterocycles. The molecule has 0 spiro atoms. The molecule has 1 aromatic carbocycles. The Kier molecular flexibility index (Phi) is 4.45. The van der Waals surface area contributed by atoms with Crippen LogP contribution in [-0.2, 0) is 14.6 Å². The summed E-state index contributed by atoms with van der Waals surface area (Å²) >= 11 is 0. The molecular formula is C14H20N2O3S. The molecule has 0 bridgehead atoms. The van der Waals surface area contributed by atoms with Crippen molar-refractivity contribution in [2.24, 2.45) is 11.8 Å². The first-order valence-electron chi connectivity index (χ1n) is 6.78. The van der Waals surface area contributed by atoms with Gasteiger partial charge in [0.1, 0.15) is 0 Å². The van der Waals surface area contributed by atoms with E-state index in [2.05, 4.69) is 10.6 Å². The quantitative estimate of drug-likeness (QED) is 0.858. The number of carbonyl (C=O) groups excluding carboxylic acids is 1. The molecular weight excluding hydrogens is 276 g/mol. The van der Waals surface area contributed by atoms with Gasteiger partial charge in [-0.3, -0.25) is 4.79 Å². The average molecular weight is 296 g/mol. The zero-order chi connectivity index (χ0) is 14.8. The van der Waals surface area contributed by atoms with Gasteiger partial charge in [0.05, 0.1) is 10.6 Å². The third kappa shape index (κ3) is 3.19. The molecule has 1 saturated heterocycles. The standard InChI is InChI=1S/C14H20N2O3S/c1-3-20(18,19)13-6-4-12(5-7-13)16-14(17)10(2)11-8-15-9-11/h4-7,10-11,15H,3,8-9H2,1-2H3,(H,16,17). The monoisotopic (exact) mass is 296 g/mol. The van der Waals surface area contributed by atoms with Gasteiger partial charge in [-0.2, -0.15) is 0 Å². The van der Waals surface area contributed by atoms with Crippen molar-refractivity contribution in [3.05, 3.63) is 24.3 Å². The minimum atomic E-state index is -3.19. The van der Waals surface area contributed by atoms with Gasteiger partial charge in [0.2, 0.25) is 5.91 Å². The number of rotatable bonds is 5. The molecule has 0 aromatic heterocycles. The predicted molar refractivity (Wildman–Crippen MR) is 78.3 cm³/mol. The summed E-state index contributed by atoms with van der Waals surface area (Å²) in [5.74, 6) is 0.386. The summed E-state index contributed by atoms with van der Waals surface area (Å²) in [7, 11) is -3.19. The lowest BCUT2D eigenvalue weighted by atomic mass is 9.88. The van der Waals surface area contributed by atoms with Crippen molar-refractivity contribution < 1.29 is 13.2 Å². The zero-order valence-electron chi connectivity index (χ0n) is 11.7. The van der Waals surface area contributed by atoms with Crippen LogP contribution < -0.4 is 10.6 Å². The lowest BCUT2D eigenvalue weighted by molar-refractivity contribution is -0.121. The van der Waals surface area contributed by atoms with Gasteiger partial charge in [0, 0.05) is 11.6 Å². The number of amides is 1. The second-order valence-corrected chi connectivity index (χ2v) is 7.40. The second kappa shape index (κ2) is 5.93. The van der Waals surface area contributed by atoms with E-state index in [-0.39, 0.29) is 22.5 Å². The smallest absolute Gasteiger partial charge is 0.227 e. The number of hydrogen-bond acceptors (Lipinski definition) is 4. The van der Waals surface area contributed by atoms with Crippen LogP contribution in [0.25, 0.3) is 0 Å². The molecule has 1 fully saturated rings. The van der Waals surface area contributed by atoms with Crippen molar-refractivity contribution in [2.45, 2.75) is 18.7 Å². The van der Waals surface area contributed by atoms with Crippen molar-refractivity contribution in [1.29, 1.82) is 0 Å². The van der Waals surface area contributed by atoms with Gasteiger partial charge in [-0.15, -0.1) is 0 Å². The van der Waals surface area contributed by atoms with Crippen LogP contribution in [0, 0.1) is 11.8 Å². The van der Waals surface area contributed by atoms with Crippen molar-refractivity contribution in [3.8, 4) is 0 Å². The van der Waals surface area contributed by atoms with Crippen LogP contribution in [0.4, 0.5) is 5.69 Å². The molecule has 1 aliphatic heterocycles. The molecule has 1 amide bonds. The zero-order valence-corrected chi connectivity index (χ0v) is 12.5. The van der Waals surface area contributed by atoms with E-state index < -0.39 is 9.84 Å². The third-order valence-electron chi connectivity index (χ3n) is 3.79. The molecule has 1 aromatic rings. The van der Waals surface area contributed by atoms with Crippen LogP contribution in [0.15, 0.2) is 29.2 Å². The summed E-state index contributed by atoms with van der Waals surface area (Å²) in [6.45, 7) is 5.28. The summed E-state index contributed by atoms with van der Waals surface area (Å²) in [5, 5.41) is 5.97. The molecule has 20 heavy (non-hydrogen) atoms. The third-order valence-corrected chi connectivity index (χ3v) is 5.55. The molecule has 110 valence electrons. The largest absolute Gasteiger partial charge is 0.326 e. The molecule has 1 aliphatic rings. The maximum absolute atomic E-state index is 12.0. The van der Waals surface area contributed by atoms with Crippen LogP contribution >= 0.6 is 0 Å². The molecule has 0 saturated carbocycles. The van der Waals surface area contributed by atoms with Crippen molar-refractivity contribution in [2.75, 3.05) is 24.2 Å². The van der Waals surface area contributed by atoms with E-state index in [4.69, 9.17) is 0 Å². The van der Waals surface area contributed by atoms with Crippen molar-refractivity contribution in [3.63, 3.8) is 0 Å². The van der Waals surface area contributed by atoms with E-state index in [1.54, 1.807) is 19.1 Å². The summed E-state index contributed by atoms with van der Waals surface area (Å²) in [6.07, 6.45) is 0. The van der Waals surface area contributed by atoms with Gasteiger partial charge in [0.25, 0.3) is 0 Å². The van der Waals surface area contributed by atoms with E-state index >= 15 is 0 Å². The van der Waals surface area contributed by atoms with Gasteiger partial charge in [-0.1, -0.05) is 13.8 Å². The highest BCUT2D eigenvalue weighted by Gasteiger charge is 2.28. The minimum Gasteiger partial charge on any atom is -0.326 e. The Morgan fingerprint density at radius 2 is 1.95 bits per heavy atom. The highest BCUT2D eigenvalue weighted by atomic mass is 32.2. The topological polar surface area (TPSA) is 75.3 Å². The van der Waals surface area contributed by atoms with Gasteiger partial charge in [0.15, 0.2) is 9.84 Å². The number of nitrogens with one attached hydrogen (secondary N) is 2. The normalized spacial score (nSPS) is 17.3. The van der Waals surface area contributed by atoms with E-state index in [0.29, 0.717) is 11.6 Å². The molecule has 0 aliphatic carbocycles. The van der Waals surface area contributed by atoms with E-state index in [9.17, 15) is 13.2 Å². The fourth-order valence-electron chi connectivity index (χ4n) is 2.05. The summed E-state index contributed by atoms with van der Waals surface area (Å²) in [4.78, 5) is 12.3. The van der Waals surface area contributed by atoms with Gasteiger partial charge in [-0.25, -0.2) is 8.42 Å². The molecule has 0 radical (unpaired) electrons. The first-order chi connectivity index (χ1) is 9.44. The average Bonchev–Trinajstić information content (AvgIpc) is 2.37. The van der Waals surface area contributed by atoms with Gasteiger partial charge >= 0.3 is 0 Å². The first-order valence-corrected chi connectivity index (χ1v) is 8.43. The van der Waals surface area contributed by atoms with Crippen LogP contribution in [-0.4, -0.2) is 33.2 Å². The Hall–Kier alpha value is -1.40. The minimum absolute atomic E-state index is 0.0254. The van der Waals surface area contributed by atoms with E-state index in [0.717, 1.165) is 13.1 Å².